The van der Waals surface area contributed by atoms with Crippen LogP contribution in [0, 0.1) is 0 Å². The molecule has 0 aliphatic rings. The first-order chi connectivity index (χ1) is 7.24. The van der Waals surface area contributed by atoms with E-state index >= 15 is 0 Å². The number of aromatic nitrogens is 2. The Balaban J connectivity index is -0.0000000390. The van der Waals surface area contributed by atoms with Crippen molar-refractivity contribution in [3.63, 3.8) is 0 Å². The first-order valence-electron chi connectivity index (χ1n) is 5.94. The zero-order valence-electron chi connectivity index (χ0n) is 11.3. The minimum Gasteiger partial charge on any atom is -0.245 e. The Bertz CT molecular complexity index is 109. The van der Waals surface area contributed by atoms with Crippen LogP contribution in [0.1, 0.15) is 75.7 Å². The molecule has 0 N–H and O–H groups in total. The predicted molar refractivity (Wildman–Crippen MR) is 83.4 cm³/mol. The molecule has 106 valence electrons. The van der Waals surface area contributed by atoms with Gasteiger partial charge in [-0.05, 0) is 6.07 Å². The van der Waals surface area contributed by atoms with Gasteiger partial charge in [0.25, 0.3) is 0 Å². The van der Waals surface area contributed by atoms with E-state index in [1.165, 1.54) is 25.6 Å². The van der Waals surface area contributed by atoms with E-state index in [0.29, 0.717) is 0 Å². The molecule has 0 atom stereocenters. The van der Waals surface area contributed by atoms with Crippen LogP contribution in [-0.2, 0) is 0 Å². The Kier molecular flexibility index (Phi) is 80.2. The molecule has 0 saturated carbocycles. The van der Waals surface area contributed by atoms with Gasteiger partial charge in [0, 0.05) is 12.4 Å². The molecule has 0 spiro atoms. The van der Waals surface area contributed by atoms with Gasteiger partial charge in [-0.25, -0.2) is 9.97 Å². The highest BCUT2D eigenvalue weighted by Crippen LogP contribution is 1.66. The van der Waals surface area contributed by atoms with Gasteiger partial charge in [0.05, 0.1) is 0 Å². The minimum absolute atomic E-state index is 0. The SMILES string of the molecule is C.C.CCC.CCC.CCC.c1cncnc1. The average molecular weight is 244 g/mol. The molecule has 0 amide bonds. The molecule has 1 heterocycles. The van der Waals surface area contributed by atoms with Gasteiger partial charge >= 0.3 is 0 Å². The van der Waals surface area contributed by atoms with Gasteiger partial charge in [0.1, 0.15) is 6.33 Å². The molecule has 0 aromatic carbocycles. The van der Waals surface area contributed by atoms with E-state index in [-0.39, 0.29) is 14.9 Å². The molecule has 0 radical (unpaired) electrons. The second-order valence-electron chi connectivity index (χ2n) is 3.03. The molecule has 2 heteroatoms. The van der Waals surface area contributed by atoms with Crippen LogP contribution >= 0.6 is 0 Å². The number of hydrogen-bond donors (Lipinski definition) is 0. The molecule has 0 bridgehead atoms. The third-order valence-corrected chi connectivity index (χ3v) is 0.478. The first-order valence-corrected chi connectivity index (χ1v) is 5.94. The van der Waals surface area contributed by atoms with E-state index in [0.717, 1.165) is 0 Å². The summed E-state index contributed by atoms with van der Waals surface area (Å²) in [6, 6.07) is 1.78. The maximum atomic E-state index is 3.67. The van der Waals surface area contributed by atoms with Gasteiger partial charge in [0.2, 0.25) is 0 Å². The molecule has 2 nitrogen and oxygen atoms in total. The zero-order chi connectivity index (χ0) is 12.4. The highest BCUT2D eigenvalue weighted by atomic mass is 14.8. The molecule has 17 heavy (non-hydrogen) atoms. The molecule has 0 unspecified atom stereocenters. The Morgan fingerprint density at radius 1 is 0.647 bits per heavy atom. The summed E-state index contributed by atoms with van der Waals surface area (Å²) in [6.07, 6.45) is 8.62. The van der Waals surface area contributed by atoms with Crippen LogP contribution in [-0.4, -0.2) is 9.97 Å². The summed E-state index contributed by atoms with van der Waals surface area (Å²) >= 11 is 0. The van der Waals surface area contributed by atoms with E-state index in [2.05, 4.69) is 51.5 Å². The van der Waals surface area contributed by atoms with Crippen LogP contribution < -0.4 is 0 Å². The standard InChI is InChI=1S/C4H4N2.3C3H8.2CH4/c1-2-5-4-6-3-1;3*1-3-2;;/h1-4H;3*3H2,1-2H3;2*1H4. The van der Waals surface area contributed by atoms with E-state index in [4.69, 9.17) is 0 Å². The summed E-state index contributed by atoms with van der Waals surface area (Å²) in [5, 5.41) is 0. The highest BCUT2D eigenvalue weighted by Gasteiger charge is 1.59. The van der Waals surface area contributed by atoms with Crippen LogP contribution in [0.4, 0.5) is 0 Å². The summed E-state index contributed by atoms with van der Waals surface area (Å²) in [6.45, 7) is 12.8. The summed E-state index contributed by atoms with van der Waals surface area (Å²) in [5.74, 6) is 0. The number of rotatable bonds is 0. The fourth-order valence-electron chi connectivity index (χ4n) is 0.253. The summed E-state index contributed by atoms with van der Waals surface area (Å²) in [5.41, 5.74) is 0. The zero-order valence-corrected chi connectivity index (χ0v) is 11.3. The van der Waals surface area contributed by atoms with Crippen molar-refractivity contribution >= 4 is 0 Å². The molecule has 1 rings (SSSR count). The third kappa shape index (κ3) is 100.0. The number of nitrogens with zero attached hydrogens (tertiary/aromatic N) is 2. The first kappa shape index (κ1) is 29.8. The summed E-state index contributed by atoms with van der Waals surface area (Å²) < 4.78 is 0. The maximum absolute atomic E-state index is 3.67. The van der Waals surface area contributed by atoms with Crippen LogP contribution in [0.5, 0.6) is 0 Å². The predicted octanol–water partition coefficient (Wildman–Crippen LogP) is 6.00. The quantitative estimate of drug-likeness (QED) is 0.559. The van der Waals surface area contributed by atoms with Gasteiger partial charge in [0.15, 0.2) is 0 Å². The Morgan fingerprint density at radius 2 is 0.882 bits per heavy atom. The van der Waals surface area contributed by atoms with Crippen LogP contribution in [0.15, 0.2) is 24.8 Å². The van der Waals surface area contributed by atoms with Gasteiger partial charge in [-0.3, -0.25) is 0 Å². The monoisotopic (exact) mass is 244 g/mol. The lowest BCUT2D eigenvalue weighted by atomic mass is 10.6. The maximum Gasteiger partial charge on any atom is 0.115 e. The van der Waals surface area contributed by atoms with Gasteiger partial charge in [-0.15, -0.1) is 0 Å². The fourth-order valence-corrected chi connectivity index (χ4v) is 0.253. The molecule has 0 aliphatic heterocycles. The highest BCUT2D eigenvalue weighted by molar-refractivity contribution is 4.74. The van der Waals surface area contributed by atoms with Gasteiger partial charge in [-0.2, -0.15) is 0 Å². The van der Waals surface area contributed by atoms with Crippen LogP contribution in [0.25, 0.3) is 0 Å². The molecule has 0 aliphatic carbocycles. The molecule has 0 fully saturated rings. The topological polar surface area (TPSA) is 25.8 Å². The minimum atomic E-state index is 0. The second-order valence-corrected chi connectivity index (χ2v) is 3.03. The van der Waals surface area contributed by atoms with E-state index in [1.807, 2.05) is 0 Å². The van der Waals surface area contributed by atoms with Crippen molar-refractivity contribution in [3.8, 4) is 0 Å². The molecule has 1 aromatic rings. The lowest BCUT2D eigenvalue weighted by Crippen LogP contribution is -1.66. The van der Waals surface area contributed by atoms with Crippen molar-refractivity contribution in [1.82, 2.24) is 9.97 Å². The van der Waals surface area contributed by atoms with Gasteiger partial charge < -0.3 is 0 Å². The lowest BCUT2D eigenvalue weighted by molar-refractivity contribution is 1.09. The van der Waals surface area contributed by atoms with Crippen molar-refractivity contribution in [3.05, 3.63) is 24.8 Å². The van der Waals surface area contributed by atoms with Crippen molar-refractivity contribution in [2.75, 3.05) is 0 Å². The van der Waals surface area contributed by atoms with E-state index < -0.39 is 0 Å². The smallest absolute Gasteiger partial charge is 0.115 e. The molecular weight excluding hydrogens is 208 g/mol. The Labute approximate surface area is 111 Å². The fraction of sp³-hybridized carbons (Fsp3) is 0.733. The molecule has 1 aromatic heterocycles. The summed E-state index contributed by atoms with van der Waals surface area (Å²) in [7, 11) is 0. The van der Waals surface area contributed by atoms with Gasteiger partial charge in [-0.1, -0.05) is 75.7 Å². The summed E-state index contributed by atoms with van der Waals surface area (Å²) in [4.78, 5) is 7.35. The number of hydrogen-bond acceptors (Lipinski definition) is 2. The Morgan fingerprint density at radius 3 is 0.941 bits per heavy atom. The van der Waals surface area contributed by atoms with E-state index in [1.54, 1.807) is 18.5 Å². The van der Waals surface area contributed by atoms with Crippen LogP contribution in [0.3, 0.4) is 0 Å². The van der Waals surface area contributed by atoms with Crippen LogP contribution in [0.2, 0.25) is 0 Å². The van der Waals surface area contributed by atoms with Crippen molar-refractivity contribution in [1.29, 1.82) is 0 Å². The normalized spacial score (nSPS) is 6.00. The molecular formula is C15H36N2. The van der Waals surface area contributed by atoms with Crippen molar-refractivity contribution in [2.45, 2.75) is 75.7 Å². The molecule has 0 saturated heterocycles. The van der Waals surface area contributed by atoms with E-state index in [9.17, 15) is 0 Å². The Hall–Kier alpha value is -0.920. The average Bonchev–Trinajstić information content (AvgIpc) is 2.24. The van der Waals surface area contributed by atoms with Crippen molar-refractivity contribution < 1.29 is 0 Å². The third-order valence-electron chi connectivity index (χ3n) is 0.478. The largest absolute Gasteiger partial charge is 0.245 e. The lowest BCUT2D eigenvalue weighted by Gasteiger charge is -1.70. The second kappa shape index (κ2) is 45.8. The van der Waals surface area contributed by atoms with Crippen molar-refractivity contribution in [2.24, 2.45) is 0 Å².